The van der Waals surface area contributed by atoms with E-state index >= 15 is 0 Å². The van der Waals surface area contributed by atoms with E-state index < -0.39 is 18.0 Å². The van der Waals surface area contributed by atoms with Gasteiger partial charge in [0.1, 0.15) is 11.7 Å². The van der Waals surface area contributed by atoms with Gasteiger partial charge in [0, 0.05) is 19.6 Å². The van der Waals surface area contributed by atoms with Crippen LogP contribution < -0.4 is 0 Å². The van der Waals surface area contributed by atoms with Crippen LogP contribution >= 0.6 is 0 Å². The number of hydrogen-bond acceptors (Lipinski definition) is 7. The van der Waals surface area contributed by atoms with Crippen LogP contribution in [0.3, 0.4) is 0 Å². The molecule has 1 aliphatic rings. The van der Waals surface area contributed by atoms with Crippen LogP contribution in [0.4, 0.5) is 4.79 Å². The Kier molecular flexibility index (Phi) is 7.00. The largest absolute Gasteiger partial charge is 0.444 e. The molecular formula is C18H31N3O5. The third-order valence-electron chi connectivity index (χ3n) is 4.06. The molecule has 3 atom stereocenters. The fraction of sp³-hybridized carbons (Fsp3) is 0.833. The highest BCUT2D eigenvalue weighted by Gasteiger charge is 2.41. The highest BCUT2D eigenvalue weighted by Crippen LogP contribution is 2.33. The molecule has 0 N–H and O–H groups in total. The fourth-order valence-electron chi connectivity index (χ4n) is 2.99. The van der Waals surface area contributed by atoms with Gasteiger partial charge in [0.15, 0.2) is 6.29 Å². The summed E-state index contributed by atoms with van der Waals surface area (Å²) in [4.78, 5) is 18.8. The first-order valence-electron chi connectivity index (χ1n) is 9.34. The Labute approximate surface area is 155 Å². The lowest BCUT2D eigenvalue weighted by atomic mass is 10.1. The average Bonchev–Trinajstić information content (AvgIpc) is 3.20. The van der Waals surface area contributed by atoms with Gasteiger partial charge in [0.2, 0.25) is 11.7 Å². The molecule has 1 saturated heterocycles. The van der Waals surface area contributed by atoms with Gasteiger partial charge in [-0.3, -0.25) is 0 Å². The zero-order valence-electron chi connectivity index (χ0n) is 16.7. The van der Waals surface area contributed by atoms with Crippen molar-refractivity contribution in [2.45, 2.75) is 84.8 Å². The van der Waals surface area contributed by atoms with E-state index in [1.165, 1.54) is 0 Å². The highest BCUT2D eigenvalue weighted by atomic mass is 16.7. The summed E-state index contributed by atoms with van der Waals surface area (Å²) in [6, 6.07) is -0.227. The van der Waals surface area contributed by atoms with E-state index in [2.05, 4.69) is 10.1 Å². The number of aryl methyl sites for hydroxylation is 1. The molecule has 26 heavy (non-hydrogen) atoms. The quantitative estimate of drug-likeness (QED) is 0.680. The molecule has 1 aliphatic heterocycles. The van der Waals surface area contributed by atoms with Crippen LogP contribution in [0.5, 0.6) is 0 Å². The minimum absolute atomic E-state index is 0.227. The monoisotopic (exact) mass is 369 g/mol. The molecular weight excluding hydrogens is 338 g/mol. The maximum Gasteiger partial charge on any atom is 0.410 e. The van der Waals surface area contributed by atoms with Crippen LogP contribution in [0.1, 0.15) is 72.2 Å². The van der Waals surface area contributed by atoms with E-state index in [0.717, 1.165) is 12.8 Å². The average molecular weight is 369 g/mol. The first-order valence-corrected chi connectivity index (χ1v) is 9.34. The molecule has 1 aromatic rings. The van der Waals surface area contributed by atoms with Gasteiger partial charge < -0.3 is 23.6 Å². The van der Waals surface area contributed by atoms with Crippen LogP contribution in [0.2, 0.25) is 0 Å². The zero-order chi connectivity index (χ0) is 19.3. The molecule has 0 spiro atoms. The number of aromatic nitrogens is 2. The van der Waals surface area contributed by atoms with Crippen molar-refractivity contribution in [3.8, 4) is 0 Å². The fourth-order valence-corrected chi connectivity index (χ4v) is 2.99. The molecule has 1 amide bonds. The van der Waals surface area contributed by atoms with E-state index in [-0.39, 0.29) is 12.1 Å². The molecule has 2 rings (SSSR count). The molecule has 0 radical (unpaired) electrons. The SMILES string of the molecule is CCOC(C)OC(c1noc(CC)n1)[C@@H]1CCCN1C(=O)OC(C)(C)C. The molecule has 8 nitrogen and oxygen atoms in total. The standard InChI is InChI=1S/C18H31N3O5/c1-7-14-19-16(20-26-14)15(24-12(3)23-8-2)13-10-9-11-21(13)17(22)25-18(4,5)6/h12-13,15H,7-11H2,1-6H3/t12?,13-,15?/m0/s1. The normalized spacial score (nSPS) is 20.2. The summed E-state index contributed by atoms with van der Waals surface area (Å²) < 4.78 is 22.4. The number of ether oxygens (including phenoxy) is 3. The van der Waals surface area contributed by atoms with E-state index in [4.69, 9.17) is 18.7 Å². The second-order valence-electron chi connectivity index (χ2n) is 7.36. The van der Waals surface area contributed by atoms with Crippen LogP contribution in [-0.2, 0) is 20.6 Å². The molecule has 0 aliphatic carbocycles. The smallest absolute Gasteiger partial charge is 0.410 e. The van der Waals surface area contributed by atoms with Crippen molar-refractivity contribution in [1.29, 1.82) is 0 Å². The number of amides is 1. The molecule has 1 fully saturated rings. The summed E-state index contributed by atoms with van der Waals surface area (Å²) >= 11 is 0. The molecule has 2 unspecified atom stereocenters. The van der Waals surface area contributed by atoms with Crippen LogP contribution in [0.25, 0.3) is 0 Å². The Hall–Kier alpha value is -1.67. The van der Waals surface area contributed by atoms with E-state index in [0.29, 0.717) is 31.3 Å². The number of nitrogens with zero attached hydrogens (tertiary/aromatic N) is 3. The van der Waals surface area contributed by atoms with Crippen molar-refractivity contribution in [2.24, 2.45) is 0 Å². The Morgan fingerprint density at radius 2 is 2.12 bits per heavy atom. The third-order valence-corrected chi connectivity index (χ3v) is 4.06. The van der Waals surface area contributed by atoms with Crippen molar-refractivity contribution in [3.05, 3.63) is 11.7 Å². The lowest BCUT2D eigenvalue weighted by molar-refractivity contribution is -0.174. The number of carbonyl (C=O) groups excluding carboxylic acids is 1. The van der Waals surface area contributed by atoms with Crippen molar-refractivity contribution >= 4 is 6.09 Å². The highest BCUT2D eigenvalue weighted by molar-refractivity contribution is 5.69. The summed E-state index contributed by atoms with van der Waals surface area (Å²) in [5.41, 5.74) is -0.555. The Bertz CT molecular complexity index is 584. The Morgan fingerprint density at radius 1 is 1.38 bits per heavy atom. The maximum absolute atomic E-state index is 12.6. The predicted molar refractivity (Wildman–Crippen MR) is 94.6 cm³/mol. The van der Waals surface area contributed by atoms with Crippen molar-refractivity contribution in [2.75, 3.05) is 13.2 Å². The second kappa shape index (κ2) is 8.81. The lowest BCUT2D eigenvalue weighted by Gasteiger charge is -2.32. The van der Waals surface area contributed by atoms with Gasteiger partial charge in [-0.2, -0.15) is 4.98 Å². The van der Waals surface area contributed by atoms with Crippen LogP contribution in [-0.4, -0.2) is 52.2 Å². The zero-order valence-corrected chi connectivity index (χ0v) is 16.7. The number of likely N-dealkylation sites (tertiary alicyclic amines) is 1. The van der Waals surface area contributed by atoms with Gasteiger partial charge in [-0.25, -0.2) is 4.79 Å². The Morgan fingerprint density at radius 3 is 2.69 bits per heavy atom. The summed E-state index contributed by atoms with van der Waals surface area (Å²) in [5, 5.41) is 4.07. The summed E-state index contributed by atoms with van der Waals surface area (Å²) in [7, 11) is 0. The van der Waals surface area contributed by atoms with E-state index in [1.54, 1.807) is 4.90 Å². The topological polar surface area (TPSA) is 86.9 Å². The van der Waals surface area contributed by atoms with Crippen LogP contribution in [0, 0.1) is 0 Å². The number of hydrogen-bond donors (Lipinski definition) is 0. The molecule has 2 heterocycles. The van der Waals surface area contributed by atoms with Crippen molar-refractivity contribution in [3.63, 3.8) is 0 Å². The van der Waals surface area contributed by atoms with E-state index in [1.807, 2.05) is 41.5 Å². The van der Waals surface area contributed by atoms with Gasteiger partial charge in [-0.15, -0.1) is 0 Å². The summed E-state index contributed by atoms with van der Waals surface area (Å²) in [6.45, 7) is 12.4. The lowest BCUT2D eigenvalue weighted by Crippen LogP contribution is -2.44. The minimum atomic E-state index is -0.555. The Balaban J connectivity index is 2.23. The van der Waals surface area contributed by atoms with Crippen molar-refractivity contribution < 1.29 is 23.5 Å². The third kappa shape index (κ3) is 5.41. The maximum atomic E-state index is 12.6. The summed E-state index contributed by atoms with van der Waals surface area (Å²) in [5.74, 6) is 0.980. The molecule has 0 aromatic carbocycles. The molecule has 0 saturated carbocycles. The van der Waals surface area contributed by atoms with Crippen LogP contribution in [0.15, 0.2) is 4.52 Å². The van der Waals surface area contributed by atoms with Gasteiger partial charge in [0.05, 0.1) is 6.04 Å². The predicted octanol–water partition coefficient (Wildman–Crippen LogP) is 3.47. The molecule has 8 heteroatoms. The second-order valence-corrected chi connectivity index (χ2v) is 7.36. The molecule has 1 aromatic heterocycles. The molecule has 0 bridgehead atoms. The van der Waals surface area contributed by atoms with Gasteiger partial charge in [-0.1, -0.05) is 12.1 Å². The number of rotatable bonds is 7. The summed E-state index contributed by atoms with van der Waals surface area (Å²) in [6.07, 6.45) is 0.952. The minimum Gasteiger partial charge on any atom is -0.444 e. The van der Waals surface area contributed by atoms with E-state index in [9.17, 15) is 4.79 Å². The first kappa shape index (κ1) is 20.6. The number of carbonyl (C=O) groups is 1. The van der Waals surface area contributed by atoms with Gasteiger partial charge in [0.25, 0.3) is 0 Å². The first-order chi connectivity index (χ1) is 12.2. The molecule has 148 valence electrons. The van der Waals surface area contributed by atoms with Gasteiger partial charge >= 0.3 is 6.09 Å². The van der Waals surface area contributed by atoms with Gasteiger partial charge in [-0.05, 0) is 47.5 Å². The van der Waals surface area contributed by atoms with Crippen molar-refractivity contribution in [1.82, 2.24) is 15.0 Å².